The van der Waals surface area contributed by atoms with Crippen molar-refractivity contribution in [3.8, 4) is 0 Å². The fourth-order valence-corrected chi connectivity index (χ4v) is 4.46. The van der Waals surface area contributed by atoms with E-state index in [9.17, 15) is 22.8 Å². The maximum atomic E-state index is 12.4. The standard InChI is InChI=1S/C18H17N3O5S/c19-17(23)12-6-1-3-8-14(12)20-16(22)10-5-11-21-18(24)13-7-2-4-9-15(13)27(21,25)26/h1-4,6-9H,5,10-11H2,(H2,19,23)(H,20,22). The molecule has 2 aromatic rings. The lowest BCUT2D eigenvalue weighted by atomic mass is 10.1. The first kappa shape index (κ1) is 18.6. The highest BCUT2D eigenvalue weighted by Crippen LogP contribution is 2.30. The second kappa shape index (κ2) is 7.20. The van der Waals surface area contributed by atoms with Crippen LogP contribution in [0.1, 0.15) is 33.6 Å². The van der Waals surface area contributed by atoms with Crippen molar-refractivity contribution in [2.24, 2.45) is 5.73 Å². The average Bonchev–Trinajstić information content (AvgIpc) is 2.83. The van der Waals surface area contributed by atoms with E-state index in [4.69, 9.17) is 5.73 Å². The van der Waals surface area contributed by atoms with Crippen LogP contribution < -0.4 is 11.1 Å². The summed E-state index contributed by atoms with van der Waals surface area (Å²) < 4.78 is 25.6. The number of para-hydroxylation sites is 1. The Bertz CT molecular complexity index is 1030. The number of sulfonamides is 1. The second-order valence-electron chi connectivity index (χ2n) is 5.94. The fourth-order valence-electron chi connectivity index (χ4n) is 2.86. The minimum Gasteiger partial charge on any atom is -0.366 e. The number of benzene rings is 2. The summed E-state index contributed by atoms with van der Waals surface area (Å²) in [7, 11) is -3.88. The smallest absolute Gasteiger partial charge is 0.269 e. The first-order valence-corrected chi connectivity index (χ1v) is 9.61. The summed E-state index contributed by atoms with van der Waals surface area (Å²) in [5.41, 5.74) is 5.86. The van der Waals surface area contributed by atoms with Gasteiger partial charge in [0.05, 0.1) is 16.8 Å². The zero-order valence-electron chi connectivity index (χ0n) is 14.2. The molecule has 1 aliphatic heterocycles. The molecule has 0 saturated carbocycles. The zero-order valence-corrected chi connectivity index (χ0v) is 15.0. The normalized spacial score (nSPS) is 14.7. The molecule has 1 heterocycles. The van der Waals surface area contributed by atoms with Gasteiger partial charge >= 0.3 is 0 Å². The molecule has 0 aromatic heterocycles. The van der Waals surface area contributed by atoms with Crippen LogP contribution in [0.2, 0.25) is 0 Å². The van der Waals surface area contributed by atoms with Crippen LogP contribution in [0.3, 0.4) is 0 Å². The number of nitrogens with zero attached hydrogens (tertiary/aromatic N) is 1. The van der Waals surface area contributed by atoms with E-state index in [0.29, 0.717) is 0 Å². The Morgan fingerprint density at radius 2 is 1.70 bits per heavy atom. The van der Waals surface area contributed by atoms with Crippen LogP contribution in [0.5, 0.6) is 0 Å². The van der Waals surface area contributed by atoms with Crippen molar-refractivity contribution >= 4 is 33.4 Å². The molecular formula is C18H17N3O5S. The summed E-state index contributed by atoms with van der Waals surface area (Å²) in [4.78, 5) is 35.7. The molecular weight excluding hydrogens is 370 g/mol. The highest BCUT2D eigenvalue weighted by atomic mass is 32.2. The number of carbonyl (C=O) groups excluding carboxylic acids is 3. The summed E-state index contributed by atoms with van der Waals surface area (Å²) in [6.45, 7) is -0.110. The van der Waals surface area contributed by atoms with Gasteiger partial charge in [0.2, 0.25) is 5.91 Å². The molecule has 27 heavy (non-hydrogen) atoms. The van der Waals surface area contributed by atoms with Crippen LogP contribution in [0, 0.1) is 0 Å². The predicted octanol–water partition coefficient (Wildman–Crippen LogP) is 1.35. The van der Waals surface area contributed by atoms with Gasteiger partial charge in [-0.2, -0.15) is 0 Å². The van der Waals surface area contributed by atoms with E-state index in [1.807, 2.05) is 0 Å². The van der Waals surface area contributed by atoms with Gasteiger partial charge in [-0.15, -0.1) is 0 Å². The second-order valence-corrected chi connectivity index (χ2v) is 7.77. The number of fused-ring (bicyclic) bond motifs is 1. The van der Waals surface area contributed by atoms with Gasteiger partial charge in [-0.3, -0.25) is 14.4 Å². The molecule has 0 atom stereocenters. The average molecular weight is 387 g/mol. The largest absolute Gasteiger partial charge is 0.366 e. The third-order valence-electron chi connectivity index (χ3n) is 4.14. The van der Waals surface area contributed by atoms with Crippen LogP contribution in [0.4, 0.5) is 5.69 Å². The summed E-state index contributed by atoms with van der Waals surface area (Å²) >= 11 is 0. The molecule has 0 radical (unpaired) electrons. The topological polar surface area (TPSA) is 127 Å². The number of hydrogen-bond acceptors (Lipinski definition) is 5. The van der Waals surface area contributed by atoms with E-state index in [2.05, 4.69) is 5.32 Å². The van der Waals surface area contributed by atoms with E-state index in [1.165, 1.54) is 18.2 Å². The third kappa shape index (κ3) is 3.54. The lowest BCUT2D eigenvalue weighted by Crippen LogP contribution is -2.31. The van der Waals surface area contributed by atoms with Crippen LogP contribution in [0.25, 0.3) is 0 Å². The first-order chi connectivity index (χ1) is 12.8. The molecule has 8 nitrogen and oxygen atoms in total. The SMILES string of the molecule is NC(=O)c1ccccc1NC(=O)CCCN1C(=O)c2ccccc2S1(=O)=O. The molecule has 3 N–H and O–H groups in total. The number of primary amides is 1. The molecule has 0 spiro atoms. The van der Waals surface area contributed by atoms with Crippen molar-refractivity contribution < 1.29 is 22.8 Å². The van der Waals surface area contributed by atoms with Crippen LogP contribution in [-0.2, 0) is 14.8 Å². The molecule has 2 aromatic carbocycles. The maximum Gasteiger partial charge on any atom is 0.269 e. The number of amides is 3. The van der Waals surface area contributed by atoms with Gasteiger partial charge in [0.15, 0.2) is 0 Å². The van der Waals surface area contributed by atoms with Crippen molar-refractivity contribution in [3.63, 3.8) is 0 Å². The predicted molar refractivity (Wildman–Crippen MR) is 97.5 cm³/mol. The van der Waals surface area contributed by atoms with Crippen molar-refractivity contribution in [2.75, 3.05) is 11.9 Å². The zero-order chi connectivity index (χ0) is 19.6. The monoisotopic (exact) mass is 387 g/mol. The van der Waals surface area contributed by atoms with Crippen molar-refractivity contribution in [1.82, 2.24) is 4.31 Å². The fraction of sp³-hybridized carbons (Fsp3) is 0.167. The van der Waals surface area contributed by atoms with Gasteiger partial charge in [-0.1, -0.05) is 24.3 Å². The molecule has 0 saturated heterocycles. The van der Waals surface area contributed by atoms with Crippen molar-refractivity contribution in [3.05, 3.63) is 59.7 Å². The number of rotatable bonds is 6. The third-order valence-corrected chi connectivity index (χ3v) is 5.98. The lowest BCUT2D eigenvalue weighted by molar-refractivity contribution is -0.116. The van der Waals surface area contributed by atoms with E-state index in [-0.39, 0.29) is 41.1 Å². The van der Waals surface area contributed by atoms with E-state index in [1.54, 1.807) is 30.3 Å². The van der Waals surface area contributed by atoms with Gasteiger partial charge < -0.3 is 11.1 Å². The minimum absolute atomic E-state index is 0.0187. The van der Waals surface area contributed by atoms with E-state index >= 15 is 0 Å². The quantitative estimate of drug-likeness (QED) is 0.773. The Balaban J connectivity index is 1.62. The van der Waals surface area contributed by atoms with Crippen molar-refractivity contribution in [2.45, 2.75) is 17.7 Å². The van der Waals surface area contributed by atoms with E-state index < -0.39 is 27.7 Å². The highest BCUT2D eigenvalue weighted by Gasteiger charge is 2.40. The Kier molecular flexibility index (Phi) is 4.95. The molecule has 0 bridgehead atoms. The number of nitrogens with one attached hydrogen (secondary N) is 1. The Hall–Kier alpha value is -3.20. The molecule has 9 heteroatoms. The van der Waals surface area contributed by atoms with E-state index in [0.717, 1.165) is 4.31 Å². The van der Waals surface area contributed by atoms with Crippen LogP contribution in [0.15, 0.2) is 53.4 Å². The van der Waals surface area contributed by atoms with Crippen molar-refractivity contribution in [1.29, 1.82) is 0 Å². The molecule has 140 valence electrons. The minimum atomic E-state index is -3.88. The number of nitrogens with two attached hydrogens (primary N) is 1. The Labute approximate surface area is 156 Å². The molecule has 0 aliphatic carbocycles. The van der Waals surface area contributed by atoms with Gasteiger partial charge in [0.25, 0.3) is 21.8 Å². The maximum absolute atomic E-state index is 12.4. The number of hydrogen-bond donors (Lipinski definition) is 2. The Morgan fingerprint density at radius 1 is 1.04 bits per heavy atom. The Morgan fingerprint density at radius 3 is 2.41 bits per heavy atom. The molecule has 3 rings (SSSR count). The lowest BCUT2D eigenvalue weighted by Gasteiger charge is -2.15. The summed E-state index contributed by atoms with van der Waals surface area (Å²) in [6.07, 6.45) is 0.117. The highest BCUT2D eigenvalue weighted by molar-refractivity contribution is 7.90. The number of carbonyl (C=O) groups is 3. The summed E-state index contributed by atoms with van der Waals surface area (Å²) in [5, 5.41) is 2.57. The molecule has 0 unspecified atom stereocenters. The molecule has 0 fully saturated rings. The van der Waals surface area contributed by atoms with Gasteiger partial charge in [0, 0.05) is 13.0 Å². The molecule has 1 aliphatic rings. The van der Waals surface area contributed by atoms with Gasteiger partial charge in [-0.25, -0.2) is 12.7 Å². The first-order valence-electron chi connectivity index (χ1n) is 8.17. The van der Waals surface area contributed by atoms with Crippen LogP contribution in [-0.4, -0.2) is 37.0 Å². The summed E-state index contributed by atoms with van der Waals surface area (Å²) in [6, 6.07) is 12.3. The van der Waals surface area contributed by atoms with Gasteiger partial charge in [-0.05, 0) is 30.7 Å². The number of anilines is 1. The molecule has 3 amide bonds. The van der Waals surface area contributed by atoms with Gasteiger partial charge in [0.1, 0.15) is 4.90 Å². The summed E-state index contributed by atoms with van der Waals surface area (Å²) in [5.74, 6) is -1.67. The van der Waals surface area contributed by atoms with Crippen LogP contribution >= 0.6 is 0 Å².